The maximum Gasteiger partial charge on any atom is 0.116 e. The van der Waals surface area contributed by atoms with Gasteiger partial charge >= 0.3 is 0 Å². The molecule has 0 fully saturated rings. The van der Waals surface area contributed by atoms with Crippen LogP contribution in [0.4, 0.5) is 0 Å². The molecular formula is C6H14O3. The highest BCUT2D eigenvalue weighted by Crippen LogP contribution is 2.01. The van der Waals surface area contributed by atoms with Crippen LogP contribution in [0.5, 0.6) is 0 Å². The standard InChI is InChI=1S/C6H14O3/c1-2-3-4-6(5-7)9-8/h6-8H,2-5H2,1H3. The van der Waals surface area contributed by atoms with E-state index in [4.69, 9.17) is 10.4 Å². The number of rotatable bonds is 5. The van der Waals surface area contributed by atoms with E-state index in [2.05, 4.69) is 4.89 Å². The van der Waals surface area contributed by atoms with E-state index >= 15 is 0 Å². The summed E-state index contributed by atoms with van der Waals surface area (Å²) in [6, 6.07) is 0. The molecule has 0 radical (unpaired) electrons. The first-order valence-corrected chi connectivity index (χ1v) is 3.26. The van der Waals surface area contributed by atoms with Gasteiger partial charge < -0.3 is 5.11 Å². The molecular weight excluding hydrogens is 120 g/mol. The molecule has 0 saturated heterocycles. The summed E-state index contributed by atoms with van der Waals surface area (Å²) in [6.45, 7) is 1.95. The summed E-state index contributed by atoms with van der Waals surface area (Å²) in [5.41, 5.74) is 0. The molecule has 3 nitrogen and oxygen atoms in total. The van der Waals surface area contributed by atoms with E-state index < -0.39 is 0 Å². The summed E-state index contributed by atoms with van der Waals surface area (Å²) in [4.78, 5) is 3.95. The quantitative estimate of drug-likeness (QED) is 0.436. The average molecular weight is 134 g/mol. The predicted octanol–water partition coefficient (Wildman–Crippen LogP) is 1.03. The SMILES string of the molecule is CCCCC(CO)OO. The highest BCUT2D eigenvalue weighted by Gasteiger charge is 2.04. The normalized spacial score (nSPS) is 13.7. The minimum absolute atomic E-state index is 0.101. The first-order valence-electron chi connectivity index (χ1n) is 3.26. The van der Waals surface area contributed by atoms with Crippen LogP contribution in [0, 0.1) is 0 Å². The van der Waals surface area contributed by atoms with Crippen molar-refractivity contribution in [3.63, 3.8) is 0 Å². The van der Waals surface area contributed by atoms with Gasteiger partial charge in [-0.1, -0.05) is 19.8 Å². The smallest absolute Gasteiger partial charge is 0.116 e. The van der Waals surface area contributed by atoms with Gasteiger partial charge in [0, 0.05) is 0 Å². The highest BCUT2D eigenvalue weighted by molar-refractivity contribution is 4.51. The number of aliphatic hydroxyl groups excluding tert-OH is 1. The molecule has 2 N–H and O–H groups in total. The van der Waals surface area contributed by atoms with Gasteiger partial charge in [0.15, 0.2) is 0 Å². The lowest BCUT2D eigenvalue weighted by atomic mass is 10.2. The molecule has 0 aromatic heterocycles. The molecule has 56 valence electrons. The van der Waals surface area contributed by atoms with Gasteiger partial charge in [-0.2, -0.15) is 0 Å². The number of hydrogen-bond acceptors (Lipinski definition) is 3. The van der Waals surface area contributed by atoms with Crippen molar-refractivity contribution in [2.75, 3.05) is 6.61 Å². The molecule has 3 heteroatoms. The van der Waals surface area contributed by atoms with Crippen molar-refractivity contribution in [1.29, 1.82) is 0 Å². The maximum atomic E-state index is 8.47. The Morgan fingerprint density at radius 3 is 2.56 bits per heavy atom. The molecule has 0 aliphatic carbocycles. The second-order valence-corrected chi connectivity index (χ2v) is 2.05. The van der Waals surface area contributed by atoms with E-state index in [-0.39, 0.29) is 12.7 Å². The molecule has 0 aliphatic heterocycles. The second-order valence-electron chi connectivity index (χ2n) is 2.05. The van der Waals surface area contributed by atoms with Gasteiger partial charge in [-0.25, -0.2) is 4.89 Å². The highest BCUT2D eigenvalue weighted by atomic mass is 17.1. The third-order valence-electron chi connectivity index (χ3n) is 1.23. The monoisotopic (exact) mass is 134 g/mol. The van der Waals surface area contributed by atoms with Gasteiger partial charge in [-0.3, -0.25) is 5.26 Å². The third kappa shape index (κ3) is 4.39. The van der Waals surface area contributed by atoms with Crippen LogP contribution < -0.4 is 0 Å². The van der Waals surface area contributed by atoms with Crippen molar-refractivity contribution in [2.45, 2.75) is 32.3 Å². The molecule has 9 heavy (non-hydrogen) atoms. The Labute approximate surface area is 55.2 Å². The first-order chi connectivity index (χ1) is 4.35. The molecule has 0 aromatic carbocycles. The van der Waals surface area contributed by atoms with Crippen molar-refractivity contribution in [2.24, 2.45) is 0 Å². The summed E-state index contributed by atoms with van der Waals surface area (Å²) in [6.07, 6.45) is 2.37. The summed E-state index contributed by atoms with van der Waals surface area (Å²) in [5, 5.41) is 16.6. The van der Waals surface area contributed by atoms with Crippen LogP contribution in [0.2, 0.25) is 0 Å². The fourth-order valence-electron chi connectivity index (χ4n) is 0.609. The van der Waals surface area contributed by atoms with Crippen LogP contribution in [-0.2, 0) is 4.89 Å². The van der Waals surface area contributed by atoms with Gasteiger partial charge in [0.05, 0.1) is 6.61 Å². The van der Waals surface area contributed by atoms with E-state index in [9.17, 15) is 0 Å². The molecule has 0 amide bonds. The predicted molar refractivity (Wildman–Crippen MR) is 34.1 cm³/mol. The lowest BCUT2D eigenvalue weighted by Crippen LogP contribution is -2.15. The summed E-state index contributed by atoms with van der Waals surface area (Å²) in [7, 11) is 0. The number of unbranched alkanes of at least 4 members (excludes halogenated alkanes) is 1. The third-order valence-corrected chi connectivity index (χ3v) is 1.23. The second kappa shape index (κ2) is 6.01. The zero-order valence-corrected chi connectivity index (χ0v) is 5.71. The Morgan fingerprint density at radius 1 is 1.56 bits per heavy atom. The van der Waals surface area contributed by atoms with Gasteiger partial charge in [-0.15, -0.1) is 0 Å². The lowest BCUT2D eigenvalue weighted by Gasteiger charge is -2.07. The molecule has 0 aliphatic rings. The Bertz CT molecular complexity index is 52.3. The van der Waals surface area contributed by atoms with E-state index in [0.717, 1.165) is 19.3 Å². The van der Waals surface area contributed by atoms with E-state index in [0.29, 0.717) is 0 Å². The summed E-state index contributed by atoms with van der Waals surface area (Å²) >= 11 is 0. The van der Waals surface area contributed by atoms with Crippen molar-refractivity contribution in [3.8, 4) is 0 Å². The zero-order valence-electron chi connectivity index (χ0n) is 5.71. The number of hydrogen-bond donors (Lipinski definition) is 2. The maximum absolute atomic E-state index is 8.47. The average Bonchev–Trinajstić information content (AvgIpc) is 1.91. The Hall–Kier alpha value is -0.120. The van der Waals surface area contributed by atoms with Crippen LogP contribution in [-0.4, -0.2) is 23.1 Å². The van der Waals surface area contributed by atoms with Crippen molar-refractivity contribution in [3.05, 3.63) is 0 Å². The van der Waals surface area contributed by atoms with Crippen molar-refractivity contribution < 1.29 is 15.3 Å². The molecule has 0 aromatic rings. The summed E-state index contributed by atoms with van der Waals surface area (Å²) < 4.78 is 0. The van der Waals surface area contributed by atoms with E-state index in [1.807, 2.05) is 6.92 Å². The Kier molecular flexibility index (Phi) is 5.93. The van der Waals surface area contributed by atoms with Crippen LogP contribution in [0.1, 0.15) is 26.2 Å². The van der Waals surface area contributed by atoms with Gasteiger partial charge in [0.25, 0.3) is 0 Å². The minimum atomic E-state index is -0.384. The minimum Gasteiger partial charge on any atom is -0.394 e. The van der Waals surface area contributed by atoms with Crippen LogP contribution in [0.25, 0.3) is 0 Å². The molecule has 0 rings (SSSR count). The fraction of sp³-hybridized carbons (Fsp3) is 1.00. The largest absolute Gasteiger partial charge is 0.394 e. The van der Waals surface area contributed by atoms with Crippen LogP contribution >= 0.6 is 0 Å². The topological polar surface area (TPSA) is 49.7 Å². The van der Waals surface area contributed by atoms with E-state index in [1.54, 1.807) is 0 Å². The van der Waals surface area contributed by atoms with Gasteiger partial charge in [0.2, 0.25) is 0 Å². The van der Waals surface area contributed by atoms with E-state index in [1.165, 1.54) is 0 Å². The summed E-state index contributed by atoms with van der Waals surface area (Å²) in [5.74, 6) is 0. The molecule has 1 unspecified atom stereocenters. The van der Waals surface area contributed by atoms with Gasteiger partial charge in [0.1, 0.15) is 6.10 Å². The molecule has 0 spiro atoms. The molecule has 0 saturated carbocycles. The first kappa shape index (κ1) is 8.88. The van der Waals surface area contributed by atoms with Crippen LogP contribution in [0.15, 0.2) is 0 Å². The van der Waals surface area contributed by atoms with Crippen molar-refractivity contribution >= 4 is 0 Å². The molecule has 1 atom stereocenters. The van der Waals surface area contributed by atoms with Gasteiger partial charge in [-0.05, 0) is 6.42 Å². The fourth-order valence-corrected chi connectivity index (χ4v) is 0.609. The Morgan fingerprint density at radius 2 is 2.22 bits per heavy atom. The molecule has 0 bridgehead atoms. The number of aliphatic hydroxyl groups is 1. The zero-order chi connectivity index (χ0) is 7.11. The van der Waals surface area contributed by atoms with Crippen LogP contribution in [0.3, 0.4) is 0 Å². The molecule has 0 heterocycles. The van der Waals surface area contributed by atoms with Crippen molar-refractivity contribution in [1.82, 2.24) is 0 Å². The lowest BCUT2D eigenvalue weighted by molar-refractivity contribution is -0.286. The Balaban J connectivity index is 3.09.